The number of hydrogen-bond donors (Lipinski definition) is 2. The molecule has 14 heteroatoms. The van der Waals surface area contributed by atoms with Gasteiger partial charge in [0.2, 0.25) is 0 Å². The Hall–Kier alpha value is -1.79. The molecular formula is C91H172N12O2. The molecule has 4 atom stereocenters. The van der Waals surface area contributed by atoms with Crippen LogP contribution in [0.5, 0.6) is 0 Å². The van der Waals surface area contributed by atoms with E-state index in [1.165, 1.54) is 259 Å². The van der Waals surface area contributed by atoms with Crippen molar-refractivity contribution in [3.8, 4) is 0 Å². The molecule has 1 aromatic rings. The molecule has 11 heterocycles. The second-order valence-corrected chi connectivity index (χ2v) is 40.1. The van der Waals surface area contributed by atoms with E-state index in [0.717, 1.165) is 115 Å². The third-order valence-electron chi connectivity index (χ3n) is 28.6. The Morgan fingerprint density at radius 2 is 0.914 bits per heavy atom. The maximum atomic E-state index is 11.9. The summed E-state index contributed by atoms with van der Waals surface area (Å²) in [6.07, 6.45) is 32.1. The van der Waals surface area contributed by atoms with Gasteiger partial charge in [-0.05, 0) is 312 Å². The molecule has 4 unspecified atom stereocenters. The highest BCUT2D eigenvalue weighted by atomic mass is 16.7. The average molecular weight is 1470 g/mol. The number of rotatable bonds is 13. The first-order chi connectivity index (χ1) is 49.9. The number of nitrogens with zero attached hydrogens (tertiary/aromatic N) is 10. The lowest BCUT2D eigenvalue weighted by atomic mass is 9.58. The number of carbonyl (C=O) groups excluding carboxylic acids is 1. The quantitative estimate of drug-likeness (QED) is 0.197. The Kier molecular flexibility index (Phi) is 35.4. The van der Waals surface area contributed by atoms with Gasteiger partial charge in [-0.2, -0.15) is 0 Å². The van der Waals surface area contributed by atoms with E-state index in [-0.39, 0.29) is 5.97 Å². The van der Waals surface area contributed by atoms with Gasteiger partial charge in [-0.3, -0.25) is 24.5 Å². The van der Waals surface area contributed by atoms with Gasteiger partial charge in [0.25, 0.3) is 0 Å². The number of piperazine rings is 1. The number of benzene rings is 1. The van der Waals surface area contributed by atoms with Crippen molar-refractivity contribution < 1.29 is 9.63 Å². The summed E-state index contributed by atoms with van der Waals surface area (Å²) in [5.41, 5.74) is 4.03. The fourth-order valence-corrected chi connectivity index (χ4v) is 21.5. The van der Waals surface area contributed by atoms with Gasteiger partial charge in [0.1, 0.15) is 0 Å². The summed E-state index contributed by atoms with van der Waals surface area (Å²) in [6, 6.07) is 15.8. The molecule has 105 heavy (non-hydrogen) atoms. The number of likely N-dealkylation sites (tertiary alicyclic amines) is 8. The zero-order valence-corrected chi connectivity index (χ0v) is 72.9. The van der Waals surface area contributed by atoms with Gasteiger partial charge in [0.15, 0.2) is 0 Å². The van der Waals surface area contributed by atoms with E-state index in [1.54, 1.807) is 17.2 Å². The Morgan fingerprint density at radius 3 is 1.36 bits per heavy atom. The van der Waals surface area contributed by atoms with E-state index < -0.39 is 0 Å². The normalized spacial score (nSPS) is 29.2. The topological polar surface area (TPSA) is 82.8 Å². The second-order valence-electron chi connectivity index (χ2n) is 40.1. The highest BCUT2D eigenvalue weighted by Crippen LogP contribution is 2.52. The van der Waals surface area contributed by atoms with Crippen LogP contribution < -0.4 is 10.6 Å². The largest absolute Gasteiger partial charge is 0.364 e. The van der Waals surface area contributed by atoms with Gasteiger partial charge in [-0.15, -0.1) is 5.06 Å². The SMILES string of the molecule is CC(C)N1CC2(CCCC2)C1.CC(C)N1CC2CCCC2C1.CC(C)N1CCC2(CCCN2)C1.CC(C)N1CCC2(CCNC2)C1.CC(C)N1CCCC12CCCC2.CC(C)N1CCN(OC(=O)c2ccccc2)CC1.CC1CC2(C1)CN(C(C)C)C2.CC1CN(C(C)C)C1.CCCC1CN(C(C)C)C1. The van der Waals surface area contributed by atoms with E-state index >= 15 is 0 Å². The molecule has 5 spiro atoms. The molecule has 0 radical (unpaired) electrons. The van der Waals surface area contributed by atoms with Crippen molar-refractivity contribution in [2.75, 3.05) is 144 Å². The first kappa shape index (κ1) is 88.8. The van der Waals surface area contributed by atoms with E-state index in [4.69, 9.17) is 4.84 Å². The van der Waals surface area contributed by atoms with Gasteiger partial charge >= 0.3 is 5.97 Å². The molecule has 2 N–H and O–H groups in total. The first-order valence-corrected chi connectivity index (χ1v) is 45.1. The van der Waals surface area contributed by atoms with Crippen LogP contribution in [0.25, 0.3) is 0 Å². The molecule has 14 nitrogen and oxygen atoms in total. The summed E-state index contributed by atoms with van der Waals surface area (Å²) >= 11 is 0. The molecule has 0 bridgehead atoms. The fraction of sp³-hybridized carbons (Fsp3) is 0.923. The molecular weight excluding hydrogens is 1290 g/mol. The van der Waals surface area contributed by atoms with Gasteiger partial charge in [0, 0.05) is 183 Å². The molecule has 16 rings (SSSR count). The van der Waals surface area contributed by atoms with Crippen LogP contribution in [0.15, 0.2) is 30.3 Å². The lowest BCUT2D eigenvalue weighted by molar-refractivity contribution is -0.132. The number of hydrogen-bond acceptors (Lipinski definition) is 14. The van der Waals surface area contributed by atoms with Gasteiger partial charge in [0.05, 0.1) is 5.56 Å². The van der Waals surface area contributed by atoms with Crippen LogP contribution in [0.4, 0.5) is 0 Å². The molecule has 0 amide bonds. The Balaban J connectivity index is 0.000000150. The number of hydroxylamine groups is 2. The summed E-state index contributed by atoms with van der Waals surface area (Å²) in [5.74, 6) is 4.86. The average Bonchev–Trinajstić information content (AvgIpc) is 1.22. The van der Waals surface area contributed by atoms with Crippen LogP contribution in [0.1, 0.15) is 297 Å². The van der Waals surface area contributed by atoms with Crippen molar-refractivity contribution in [3.63, 3.8) is 0 Å². The molecule has 11 saturated heterocycles. The smallest absolute Gasteiger partial charge is 0.357 e. The highest BCUT2D eigenvalue weighted by Gasteiger charge is 2.51. The van der Waals surface area contributed by atoms with Crippen molar-refractivity contribution in [1.82, 2.24) is 59.8 Å². The second kappa shape index (κ2) is 41.8. The summed E-state index contributed by atoms with van der Waals surface area (Å²) in [6.45, 7) is 75.6. The van der Waals surface area contributed by atoms with Crippen molar-refractivity contribution in [2.45, 2.75) is 352 Å². The van der Waals surface area contributed by atoms with Crippen LogP contribution in [0.3, 0.4) is 0 Å². The van der Waals surface area contributed by atoms with Crippen molar-refractivity contribution in [3.05, 3.63) is 35.9 Å². The molecule has 608 valence electrons. The maximum absolute atomic E-state index is 11.9. The summed E-state index contributed by atoms with van der Waals surface area (Å²) in [4.78, 5) is 40.5. The monoisotopic (exact) mass is 1470 g/mol. The zero-order valence-electron chi connectivity index (χ0n) is 72.9. The van der Waals surface area contributed by atoms with Gasteiger partial charge in [-0.25, -0.2) is 4.79 Å². The minimum atomic E-state index is -0.270. The van der Waals surface area contributed by atoms with E-state index in [1.807, 2.05) is 18.2 Å². The lowest BCUT2D eigenvalue weighted by Gasteiger charge is -2.60. The predicted octanol–water partition coefficient (Wildman–Crippen LogP) is 16.9. The Labute approximate surface area is 649 Å². The number of carbonyl (C=O) groups is 1. The van der Waals surface area contributed by atoms with Gasteiger partial charge in [-0.1, -0.05) is 77.5 Å². The summed E-state index contributed by atoms with van der Waals surface area (Å²) in [5, 5.41) is 8.92. The summed E-state index contributed by atoms with van der Waals surface area (Å²) in [7, 11) is 0. The lowest BCUT2D eigenvalue weighted by Crippen LogP contribution is -2.63. The molecule has 11 aliphatic heterocycles. The molecule has 0 aromatic heterocycles. The number of nitrogens with one attached hydrogen (secondary N) is 2. The zero-order chi connectivity index (χ0) is 76.3. The van der Waals surface area contributed by atoms with Crippen molar-refractivity contribution in [2.24, 2.45) is 45.8 Å². The van der Waals surface area contributed by atoms with E-state index in [2.05, 4.69) is 200 Å². The standard InChI is InChI=1S/C14H20N2O2.C11H21N.2C10H20N2.3C10H19N.C9H19N.C7H15N/c1-12(2)15-8-10-16(11-9-15)18-14(17)13-6-4-3-5-7-13;1-10(2)12-9-5-8-11(12)6-3-4-7-11;1-9(2)12-6-4-10(8-12)3-5-11-7-10;1-9(2)12-7-5-10(8-12)4-3-6-11-10;1-8(2)11-6-10(7-11)4-9(3)5-10;1-8(2)11-6-9-4-3-5-10(9)7-11;1-9(2)11-7-10(8-11)5-3-4-6-10;1-4-5-9-6-10(7-9)8(2)3;1-6(2)8-4-7(3)5-8/h3-7,12H,8-11H2,1-2H3;10H,3-9H2,1-2H3;2*9,11H,3-8H2,1-2H3;8-9H,4-7H2,1-3H3;8-10H,3-7H2,1-2H3;9H,3-8H2,1-2H3;8-9H,4-7H2,1-3H3;6-7H,4-5H2,1-3H3. The maximum Gasteiger partial charge on any atom is 0.357 e. The van der Waals surface area contributed by atoms with Crippen LogP contribution in [-0.4, -0.2) is 265 Å². The minimum Gasteiger partial charge on any atom is -0.364 e. The van der Waals surface area contributed by atoms with E-state index in [0.29, 0.717) is 28.1 Å². The molecule has 4 saturated carbocycles. The molecule has 15 fully saturated rings. The third kappa shape index (κ3) is 26.1. The van der Waals surface area contributed by atoms with Crippen molar-refractivity contribution in [1.29, 1.82) is 0 Å². The van der Waals surface area contributed by atoms with Crippen LogP contribution in [0.2, 0.25) is 0 Å². The molecule has 1 aromatic carbocycles. The minimum absolute atomic E-state index is 0.270. The fourth-order valence-electron chi connectivity index (χ4n) is 21.5. The van der Waals surface area contributed by atoms with Crippen molar-refractivity contribution >= 4 is 5.97 Å². The van der Waals surface area contributed by atoms with Gasteiger partial charge < -0.3 is 35.1 Å². The van der Waals surface area contributed by atoms with Crippen LogP contribution in [0, 0.1) is 45.8 Å². The Bertz CT molecular complexity index is 2470. The van der Waals surface area contributed by atoms with E-state index in [9.17, 15) is 4.79 Å². The predicted molar refractivity (Wildman–Crippen MR) is 449 cm³/mol. The first-order valence-electron chi connectivity index (χ1n) is 45.1. The van der Waals surface area contributed by atoms with Crippen LogP contribution >= 0.6 is 0 Å². The molecule has 4 aliphatic carbocycles. The third-order valence-corrected chi connectivity index (χ3v) is 28.6. The molecule has 15 aliphatic rings. The summed E-state index contributed by atoms with van der Waals surface area (Å²) < 4.78 is 0. The Morgan fingerprint density at radius 1 is 0.429 bits per heavy atom. The van der Waals surface area contributed by atoms with Crippen LogP contribution in [-0.2, 0) is 4.84 Å². The number of fused-ring (bicyclic) bond motifs is 1. The highest BCUT2D eigenvalue weighted by molar-refractivity contribution is 5.89.